The third kappa shape index (κ3) is 3.11. The number of nitrogens with one attached hydrogen (secondary N) is 1. The minimum Gasteiger partial charge on any atom is -0.346 e. The summed E-state index contributed by atoms with van der Waals surface area (Å²) < 4.78 is 13.0. The zero-order valence-corrected chi connectivity index (χ0v) is 10.2. The zero-order valence-electron chi connectivity index (χ0n) is 9.41. The molecule has 1 nitrogen and oxygen atoms in total. The molecule has 0 bridgehead atoms. The molecule has 0 saturated heterocycles. The summed E-state index contributed by atoms with van der Waals surface area (Å²) in [5.41, 5.74) is 2.77. The standard InChI is InChI=1S/C14H12FNS/c1-10-5-7-11(8-6-10)14(17)16-13-4-2-3-12(15)9-13/h2-9H,1H3,(H,16,17). The molecular weight excluding hydrogens is 233 g/mol. The molecule has 3 heteroatoms. The first-order chi connectivity index (χ1) is 8.15. The monoisotopic (exact) mass is 245 g/mol. The predicted molar refractivity (Wildman–Crippen MR) is 72.9 cm³/mol. The number of hydrogen-bond donors (Lipinski definition) is 1. The van der Waals surface area contributed by atoms with Crippen LogP contribution in [-0.4, -0.2) is 4.99 Å². The molecule has 2 rings (SSSR count). The minimum atomic E-state index is -0.276. The van der Waals surface area contributed by atoms with Crippen molar-refractivity contribution in [3.05, 3.63) is 65.5 Å². The van der Waals surface area contributed by atoms with E-state index in [9.17, 15) is 4.39 Å². The molecule has 0 amide bonds. The second-order valence-corrected chi connectivity index (χ2v) is 4.24. The maximum absolute atomic E-state index is 13.0. The fourth-order valence-electron chi connectivity index (χ4n) is 1.47. The van der Waals surface area contributed by atoms with Crippen LogP contribution in [0.1, 0.15) is 11.1 Å². The summed E-state index contributed by atoms with van der Waals surface area (Å²) in [6.45, 7) is 2.02. The molecule has 2 aromatic carbocycles. The molecule has 0 spiro atoms. The number of hydrogen-bond acceptors (Lipinski definition) is 1. The SMILES string of the molecule is Cc1ccc(C(=S)Nc2cccc(F)c2)cc1. The molecule has 86 valence electrons. The molecule has 0 saturated carbocycles. The van der Waals surface area contributed by atoms with Gasteiger partial charge in [-0.15, -0.1) is 0 Å². The van der Waals surface area contributed by atoms with Crippen molar-refractivity contribution >= 4 is 22.9 Å². The van der Waals surface area contributed by atoms with Gasteiger partial charge in [-0.2, -0.15) is 0 Å². The molecule has 0 aromatic heterocycles. The van der Waals surface area contributed by atoms with Gasteiger partial charge in [0.15, 0.2) is 0 Å². The Morgan fingerprint density at radius 3 is 2.47 bits per heavy atom. The third-order valence-corrected chi connectivity index (χ3v) is 2.73. The largest absolute Gasteiger partial charge is 0.346 e. The number of rotatable bonds is 2. The summed E-state index contributed by atoms with van der Waals surface area (Å²) in [4.78, 5) is 0.593. The first-order valence-electron chi connectivity index (χ1n) is 5.29. The maximum atomic E-state index is 13.0. The Morgan fingerprint density at radius 2 is 1.82 bits per heavy atom. The van der Waals surface area contributed by atoms with E-state index in [1.807, 2.05) is 31.2 Å². The lowest BCUT2D eigenvalue weighted by atomic mass is 10.1. The van der Waals surface area contributed by atoms with E-state index in [-0.39, 0.29) is 5.82 Å². The van der Waals surface area contributed by atoms with E-state index in [0.29, 0.717) is 10.7 Å². The number of anilines is 1. The fourth-order valence-corrected chi connectivity index (χ4v) is 1.73. The summed E-state index contributed by atoms with van der Waals surface area (Å²) in [6, 6.07) is 14.1. The second-order valence-electron chi connectivity index (χ2n) is 3.83. The highest BCUT2D eigenvalue weighted by Crippen LogP contribution is 2.12. The van der Waals surface area contributed by atoms with Gasteiger partial charge < -0.3 is 5.32 Å². The molecule has 0 aliphatic heterocycles. The molecule has 0 fully saturated rings. The molecule has 1 N–H and O–H groups in total. The minimum absolute atomic E-state index is 0.276. The molecule has 0 radical (unpaired) electrons. The first kappa shape index (κ1) is 11.7. The van der Waals surface area contributed by atoms with Crippen LogP contribution in [0.2, 0.25) is 0 Å². The third-order valence-electron chi connectivity index (χ3n) is 2.40. The van der Waals surface area contributed by atoms with Crippen LogP contribution in [0.4, 0.5) is 10.1 Å². The van der Waals surface area contributed by atoms with Crippen LogP contribution in [0.15, 0.2) is 48.5 Å². The fraction of sp³-hybridized carbons (Fsp3) is 0.0714. The highest BCUT2D eigenvalue weighted by Gasteiger charge is 2.01. The average Bonchev–Trinajstić information content (AvgIpc) is 2.29. The van der Waals surface area contributed by atoms with Crippen molar-refractivity contribution < 1.29 is 4.39 Å². The number of aryl methyl sites for hydroxylation is 1. The Kier molecular flexibility index (Phi) is 3.49. The van der Waals surface area contributed by atoms with Crippen LogP contribution in [0.5, 0.6) is 0 Å². The van der Waals surface area contributed by atoms with E-state index in [1.165, 1.54) is 17.7 Å². The Bertz CT molecular complexity index is 534. The van der Waals surface area contributed by atoms with Gasteiger partial charge >= 0.3 is 0 Å². The summed E-state index contributed by atoms with van der Waals surface area (Å²) in [7, 11) is 0. The first-order valence-corrected chi connectivity index (χ1v) is 5.69. The Labute approximate surface area is 105 Å². The van der Waals surface area contributed by atoms with E-state index < -0.39 is 0 Å². The van der Waals surface area contributed by atoms with E-state index >= 15 is 0 Å². The van der Waals surface area contributed by atoms with Gasteiger partial charge in [0.05, 0.1) is 0 Å². The number of thiocarbonyl (C=S) groups is 1. The van der Waals surface area contributed by atoms with E-state index in [2.05, 4.69) is 5.32 Å². The molecule has 0 atom stereocenters. The zero-order chi connectivity index (χ0) is 12.3. The van der Waals surface area contributed by atoms with E-state index in [1.54, 1.807) is 12.1 Å². The molecule has 0 aliphatic rings. The van der Waals surface area contributed by atoms with Gasteiger partial charge in [0, 0.05) is 11.3 Å². The van der Waals surface area contributed by atoms with Gasteiger partial charge in [-0.05, 0) is 25.1 Å². The van der Waals surface area contributed by atoms with Crippen LogP contribution < -0.4 is 5.32 Å². The summed E-state index contributed by atoms with van der Waals surface area (Å²) in [5.74, 6) is -0.276. The van der Waals surface area contributed by atoms with Gasteiger partial charge in [-0.25, -0.2) is 4.39 Å². The van der Waals surface area contributed by atoms with Gasteiger partial charge in [0.1, 0.15) is 10.8 Å². The lowest BCUT2D eigenvalue weighted by molar-refractivity contribution is 0.628. The van der Waals surface area contributed by atoms with E-state index in [0.717, 1.165) is 5.56 Å². The molecule has 0 aliphatic carbocycles. The van der Waals surface area contributed by atoms with E-state index in [4.69, 9.17) is 12.2 Å². The summed E-state index contributed by atoms with van der Waals surface area (Å²) in [6.07, 6.45) is 0. The van der Waals surface area contributed by atoms with Crippen LogP contribution in [0.3, 0.4) is 0 Å². The number of halogens is 1. The van der Waals surface area contributed by atoms with Gasteiger partial charge in [0.2, 0.25) is 0 Å². The highest BCUT2D eigenvalue weighted by molar-refractivity contribution is 7.81. The quantitative estimate of drug-likeness (QED) is 0.805. The van der Waals surface area contributed by atoms with Crippen molar-refractivity contribution in [1.82, 2.24) is 0 Å². The van der Waals surface area contributed by atoms with Crippen molar-refractivity contribution in [2.24, 2.45) is 0 Å². The second kappa shape index (κ2) is 5.06. The lowest BCUT2D eigenvalue weighted by Gasteiger charge is -2.08. The highest BCUT2D eigenvalue weighted by atomic mass is 32.1. The van der Waals surface area contributed by atoms with Gasteiger partial charge in [0.25, 0.3) is 0 Å². The van der Waals surface area contributed by atoms with Crippen molar-refractivity contribution in [3.8, 4) is 0 Å². The number of benzene rings is 2. The predicted octanol–water partition coefficient (Wildman–Crippen LogP) is 3.92. The van der Waals surface area contributed by atoms with Gasteiger partial charge in [-0.3, -0.25) is 0 Å². The van der Waals surface area contributed by atoms with Crippen molar-refractivity contribution in [2.45, 2.75) is 6.92 Å². The molecule has 0 unspecified atom stereocenters. The molecule has 0 heterocycles. The van der Waals surface area contributed by atoms with Crippen LogP contribution in [-0.2, 0) is 0 Å². The molecular formula is C14H12FNS. The van der Waals surface area contributed by atoms with Crippen LogP contribution >= 0.6 is 12.2 Å². The normalized spacial score (nSPS) is 10.0. The van der Waals surface area contributed by atoms with Gasteiger partial charge in [-0.1, -0.05) is 48.1 Å². The topological polar surface area (TPSA) is 12.0 Å². The average molecular weight is 245 g/mol. The summed E-state index contributed by atoms with van der Waals surface area (Å²) >= 11 is 5.26. The Hall–Kier alpha value is -1.74. The molecule has 17 heavy (non-hydrogen) atoms. The van der Waals surface area contributed by atoms with Crippen LogP contribution in [0, 0.1) is 12.7 Å². The Balaban J connectivity index is 2.14. The van der Waals surface area contributed by atoms with Crippen molar-refractivity contribution in [2.75, 3.05) is 5.32 Å². The lowest BCUT2D eigenvalue weighted by Crippen LogP contribution is -2.10. The Morgan fingerprint density at radius 1 is 1.12 bits per heavy atom. The smallest absolute Gasteiger partial charge is 0.125 e. The van der Waals surface area contributed by atoms with Crippen molar-refractivity contribution in [1.29, 1.82) is 0 Å². The summed E-state index contributed by atoms with van der Waals surface area (Å²) in [5, 5.41) is 3.01. The maximum Gasteiger partial charge on any atom is 0.125 e. The van der Waals surface area contributed by atoms with Crippen molar-refractivity contribution in [3.63, 3.8) is 0 Å². The molecule has 2 aromatic rings. The van der Waals surface area contributed by atoms with Crippen LogP contribution in [0.25, 0.3) is 0 Å².